The highest BCUT2D eigenvalue weighted by atomic mass is 32.1. The van der Waals surface area contributed by atoms with Crippen molar-refractivity contribution in [2.45, 2.75) is 6.92 Å². The SMILES string of the molecule is Cc1ncc(C(=O)N(CC(N)=O)CC(=O)O)s1. The Kier molecular flexibility index (Phi) is 4.16. The Balaban J connectivity index is 2.85. The number of carboxylic acid groups (broad SMARTS) is 1. The van der Waals surface area contributed by atoms with E-state index in [2.05, 4.69) is 4.98 Å². The summed E-state index contributed by atoms with van der Waals surface area (Å²) in [5, 5.41) is 9.32. The van der Waals surface area contributed by atoms with E-state index in [9.17, 15) is 14.4 Å². The molecule has 1 heterocycles. The maximum absolute atomic E-state index is 11.9. The predicted octanol–water partition coefficient (Wildman–Crippen LogP) is -0.536. The Morgan fingerprint density at radius 2 is 2.12 bits per heavy atom. The summed E-state index contributed by atoms with van der Waals surface area (Å²) in [6.45, 7) is 0.720. The first-order valence-electron chi connectivity index (χ1n) is 4.62. The van der Waals surface area contributed by atoms with E-state index in [1.807, 2.05) is 0 Å². The minimum atomic E-state index is -1.21. The van der Waals surface area contributed by atoms with E-state index in [0.717, 1.165) is 16.2 Å². The van der Waals surface area contributed by atoms with Crippen molar-refractivity contribution in [1.29, 1.82) is 0 Å². The Hall–Kier alpha value is -1.96. The second-order valence-corrected chi connectivity index (χ2v) is 4.50. The lowest BCUT2D eigenvalue weighted by Crippen LogP contribution is -2.41. The van der Waals surface area contributed by atoms with Crippen molar-refractivity contribution in [1.82, 2.24) is 9.88 Å². The highest BCUT2D eigenvalue weighted by Gasteiger charge is 2.21. The molecule has 17 heavy (non-hydrogen) atoms. The number of nitrogens with two attached hydrogens (primary N) is 1. The number of hydrogen-bond donors (Lipinski definition) is 2. The number of primary amides is 1. The summed E-state index contributed by atoms with van der Waals surface area (Å²) in [6.07, 6.45) is 1.35. The largest absolute Gasteiger partial charge is 0.480 e. The molecule has 0 aromatic carbocycles. The molecule has 0 radical (unpaired) electrons. The first-order chi connectivity index (χ1) is 7.90. The monoisotopic (exact) mass is 257 g/mol. The predicted molar refractivity (Wildman–Crippen MR) is 59.6 cm³/mol. The van der Waals surface area contributed by atoms with Crippen LogP contribution in [-0.4, -0.2) is 45.9 Å². The van der Waals surface area contributed by atoms with Gasteiger partial charge in [-0.25, -0.2) is 4.98 Å². The fourth-order valence-corrected chi connectivity index (χ4v) is 1.91. The normalized spacial score (nSPS) is 9.94. The summed E-state index contributed by atoms with van der Waals surface area (Å²) in [6, 6.07) is 0. The van der Waals surface area contributed by atoms with Gasteiger partial charge in [-0.15, -0.1) is 11.3 Å². The molecule has 1 rings (SSSR count). The van der Waals surface area contributed by atoms with Crippen LogP contribution in [0.4, 0.5) is 0 Å². The van der Waals surface area contributed by atoms with Gasteiger partial charge in [-0.1, -0.05) is 0 Å². The lowest BCUT2D eigenvalue weighted by atomic mass is 10.4. The van der Waals surface area contributed by atoms with Crippen molar-refractivity contribution in [2.75, 3.05) is 13.1 Å². The van der Waals surface area contributed by atoms with Crippen LogP contribution < -0.4 is 5.73 Å². The second-order valence-electron chi connectivity index (χ2n) is 3.26. The number of nitrogens with zero attached hydrogens (tertiary/aromatic N) is 2. The number of carbonyl (C=O) groups excluding carboxylic acids is 2. The smallest absolute Gasteiger partial charge is 0.323 e. The lowest BCUT2D eigenvalue weighted by molar-refractivity contribution is -0.138. The van der Waals surface area contributed by atoms with Crippen LogP contribution in [0.1, 0.15) is 14.7 Å². The summed E-state index contributed by atoms with van der Waals surface area (Å²) in [4.78, 5) is 38.2. The van der Waals surface area contributed by atoms with E-state index in [0.29, 0.717) is 5.01 Å². The molecule has 0 spiro atoms. The van der Waals surface area contributed by atoms with Gasteiger partial charge in [0.05, 0.1) is 11.2 Å². The number of aromatic nitrogens is 1. The van der Waals surface area contributed by atoms with Gasteiger partial charge in [0, 0.05) is 0 Å². The van der Waals surface area contributed by atoms with Crippen molar-refractivity contribution in [2.24, 2.45) is 5.73 Å². The van der Waals surface area contributed by atoms with Gasteiger partial charge < -0.3 is 15.7 Å². The summed E-state index contributed by atoms with van der Waals surface area (Å²) in [5.41, 5.74) is 4.95. The maximum atomic E-state index is 11.9. The Bertz CT molecular complexity index is 441. The number of carboxylic acids is 1. The third-order valence-electron chi connectivity index (χ3n) is 1.79. The maximum Gasteiger partial charge on any atom is 0.323 e. The number of carbonyl (C=O) groups is 3. The molecule has 8 heteroatoms. The molecule has 0 aliphatic carbocycles. The molecule has 0 aliphatic rings. The van der Waals surface area contributed by atoms with Crippen LogP contribution >= 0.6 is 11.3 Å². The van der Waals surface area contributed by atoms with Crippen LogP contribution in [0.2, 0.25) is 0 Å². The van der Waals surface area contributed by atoms with Crippen LogP contribution in [0.25, 0.3) is 0 Å². The molecular formula is C9H11N3O4S. The quantitative estimate of drug-likeness (QED) is 0.735. The highest BCUT2D eigenvalue weighted by molar-refractivity contribution is 7.13. The highest BCUT2D eigenvalue weighted by Crippen LogP contribution is 2.14. The Morgan fingerprint density at radius 3 is 2.53 bits per heavy atom. The molecule has 1 aromatic rings. The summed E-state index contributed by atoms with van der Waals surface area (Å²) in [7, 11) is 0. The van der Waals surface area contributed by atoms with Gasteiger partial charge in [0.1, 0.15) is 18.0 Å². The number of thiazole rings is 1. The third kappa shape index (κ3) is 3.83. The Labute approximate surface area is 101 Å². The first-order valence-corrected chi connectivity index (χ1v) is 5.43. The summed E-state index contributed by atoms with van der Waals surface area (Å²) < 4.78 is 0. The second kappa shape index (κ2) is 5.39. The van der Waals surface area contributed by atoms with Gasteiger partial charge in [0.2, 0.25) is 5.91 Å². The molecule has 0 fully saturated rings. The van der Waals surface area contributed by atoms with Crippen LogP contribution in [0.15, 0.2) is 6.20 Å². The zero-order valence-electron chi connectivity index (χ0n) is 9.04. The third-order valence-corrected chi connectivity index (χ3v) is 2.69. The van der Waals surface area contributed by atoms with Crippen LogP contribution in [0, 0.1) is 6.92 Å². The van der Waals surface area contributed by atoms with Gasteiger partial charge in [-0.05, 0) is 6.92 Å². The van der Waals surface area contributed by atoms with E-state index >= 15 is 0 Å². The number of hydrogen-bond acceptors (Lipinski definition) is 5. The number of amides is 2. The number of rotatable bonds is 5. The molecule has 0 saturated carbocycles. The van der Waals surface area contributed by atoms with Crippen LogP contribution in [0.3, 0.4) is 0 Å². The van der Waals surface area contributed by atoms with Gasteiger partial charge in [0.25, 0.3) is 5.91 Å². The van der Waals surface area contributed by atoms with Gasteiger partial charge >= 0.3 is 5.97 Å². The van der Waals surface area contributed by atoms with Crippen LogP contribution in [0.5, 0.6) is 0 Å². The van der Waals surface area contributed by atoms with Crippen molar-refractivity contribution in [3.8, 4) is 0 Å². The number of aliphatic carboxylic acids is 1. The fraction of sp³-hybridized carbons (Fsp3) is 0.333. The Morgan fingerprint density at radius 1 is 1.47 bits per heavy atom. The molecule has 0 unspecified atom stereocenters. The van der Waals surface area contributed by atoms with E-state index in [1.165, 1.54) is 6.20 Å². The van der Waals surface area contributed by atoms with Gasteiger partial charge in [0.15, 0.2) is 0 Å². The molecule has 92 valence electrons. The molecule has 1 aromatic heterocycles. The topological polar surface area (TPSA) is 114 Å². The molecule has 0 saturated heterocycles. The van der Waals surface area contributed by atoms with E-state index < -0.39 is 30.9 Å². The first kappa shape index (κ1) is 13.1. The molecule has 0 atom stereocenters. The average molecular weight is 257 g/mol. The average Bonchev–Trinajstić information content (AvgIpc) is 2.61. The van der Waals surface area contributed by atoms with E-state index in [-0.39, 0.29) is 4.88 Å². The van der Waals surface area contributed by atoms with Crippen molar-refractivity contribution >= 4 is 29.1 Å². The fourth-order valence-electron chi connectivity index (χ4n) is 1.17. The molecule has 7 nitrogen and oxygen atoms in total. The minimum absolute atomic E-state index is 0.282. The summed E-state index contributed by atoms with van der Waals surface area (Å²) >= 11 is 1.13. The standard InChI is InChI=1S/C9H11N3O4S/c1-5-11-2-6(17-5)9(16)12(3-7(10)13)4-8(14)15/h2H,3-4H2,1H3,(H2,10,13)(H,14,15). The lowest BCUT2D eigenvalue weighted by Gasteiger charge is -2.17. The molecular weight excluding hydrogens is 246 g/mol. The molecule has 0 aliphatic heterocycles. The van der Waals surface area contributed by atoms with Crippen molar-refractivity contribution in [3.05, 3.63) is 16.1 Å². The van der Waals surface area contributed by atoms with E-state index in [4.69, 9.17) is 10.8 Å². The molecule has 3 N–H and O–H groups in total. The number of aryl methyl sites for hydroxylation is 1. The van der Waals surface area contributed by atoms with Gasteiger partial charge in [-0.3, -0.25) is 14.4 Å². The molecule has 0 bridgehead atoms. The minimum Gasteiger partial charge on any atom is -0.480 e. The zero-order chi connectivity index (χ0) is 13.0. The molecule has 2 amide bonds. The van der Waals surface area contributed by atoms with Crippen molar-refractivity contribution < 1.29 is 19.5 Å². The van der Waals surface area contributed by atoms with E-state index in [1.54, 1.807) is 6.92 Å². The summed E-state index contributed by atoms with van der Waals surface area (Å²) in [5.74, 6) is -2.53. The van der Waals surface area contributed by atoms with Crippen LogP contribution in [-0.2, 0) is 9.59 Å². The van der Waals surface area contributed by atoms with Gasteiger partial charge in [-0.2, -0.15) is 0 Å². The zero-order valence-corrected chi connectivity index (χ0v) is 9.86. The van der Waals surface area contributed by atoms with Crippen molar-refractivity contribution in [3.63, 3.8) is 0 Å².